The molecule has 1 aliphatic heterocycles. The lowest BCUT2D eigenvalue weighted by molar-refractivity contribution is 0.102. The lowest BCUT2D eigenvalue weighted by Gasteiger charge is -2.29. The molecule has 26 heavy (non-hydrogen) atoms. The zero-order valence-electron chi connectivity index (χ0n) is 14.9. The van der Waals surface area contributed by atoms with Crippen molar-refractivity contribution in [3.05, 3.63) is 59.8 Å². The minimum atomic E-state index is -0.215. The number of aryl methyl sites for hydroxylation is 1. The number of para-hydroxylation sites is 2. The van der Waals surface area contributed by atoms with E-state index in [1.807, 2.05) is 55.5 Å². The van der Waals surface area contributed by atoms with E-state index in [4.69, 9.17) is 4.98 Å². The molecule has 0 saturated carbocycles. The molecule has 2 heterocycles. The highest BCUT2D eigenvalue weighted by Crippen LogP contribution is 2.25. The van der Waals surface area contributed by atoms with Crippen LogP contribution in [0.3, 0.4) is 0 Å². The van der Waals surface area contributed by atoms with Crippen LogP contribution in [0, 0.1) is 6.92 Å². The van der Waals surface area contributed by atoms with Crippen LogP contribution in [0.15, 0.2) is 48.5 Å². The van der Waals surface area contributed by atoms with Gasteiger partial charge in [0.15, 0.2) is 11.5 Å². The maximum absolute atomic E-state index is 13.0. The van der Waals surface area contributed by atoms with Crippen LogP contribution in [0.4, 0.5) is 11.5 Å². The molecule has 3 aromatic rings. The monoisotopic (exact) mass is 346 g/mol. The Kier molecular flexibility index (Phi) is 4.52. The summed E-state index contributed by atoms with van der Waals surface area (Å²) in [7, 11) is 0. The predicted molar refractivity (Wildman–Crippen MR) is 105 cm³/mol. The molecular weight excluding hydrogens is 324 g/mol. The van der Waals surface area contributed by atoms with Gasteiger partial charge in [-0.1, -0.05) is 29.8 Å². The molecule has 5 heteroatoms. The van der Waals surface area contributed by atoms with Crippen molar-refractivity contribution in [2.75, 3.05) is 23.3 Å². The molecule has 0 atom stereocenters. The number of piperidine rings is 1. The van der Waals surface area contributed by atoms with Gasteiger partial charge in [-0.2, -0.15) is 0 Å². The van der Waals surface area contributed by atoms with Crippen molar-refractivity contribution in [1.29, 1.82) is 0 Å². The highest BCUT2D eigenvalue weighted by Gasteiger charge is 2.22. The van der Waals surface area contributed by atoms with E-state index in [1.165, 1.54) is 6.42 Å². The Hall–Kier alpha value is -2.95. The molecule has 2 aromatic carbocycles. The molecule has 0 bridgehead atoms. The third-order valence-electron chi connectivity index (χ3n) is 4.73. The molecule has 5 nitrogen and oxygen atoms in total. The van der Waals surface area contributed by atoms with Crippen molar-refractivity contribution in [3.63, 3.8) is 0 Å². The number of nitrogens with zero attached hydrogens (tertiary/aromatic N) is 3. The summed E-state index contributed by atoms with van der Waals surface area (Å²) in [4.78, 5) is 24.6. The summed E-state index contributed by atoms with van der Waals surface area (Å²) >= 11 is 0. The first-order valence-electron chi connectivity index (χ1n) is 9.10. The van der Waals surface area contributed by atoms with Crippen LogP contribution in [0.2, 0.25) is 0 Å². The number of hydrogen-bond acceptors (Lipinski definition) is 4. The standard InChI is InChI=1S/C21H22N4O/c1-15-9-11-16(12-10-15)22-21(26)19-20(25-13-5-2-6-14-25)24-18-8-4-3-7-17(18)23-19/h3-4,7-12H,2,5-6,13-14H2,1H3,(H,22,26). The molecule has 1 aliphatic rings. The minimum Gasteiger partial charge on any atom is -0.355 e. The molecule has 0 spiro atoms. The molecule has 1 saturated heterocycles. The smallest absolute Gasteiger partial charge is 0.278 e. The summed E-state index contributed by atoms with van der Waals surface area (Å²) in [6, 6.07) is 15.5. The Morgan fingerprint density at radius 2 is 1.58 bits per heavy atom. The first-order chi connectivity index (χ1) is 12.7. The van der Waals surface area contributed by atoms with Gasteiger partial charge in [0.05, 0.1) is 11.0 Å². The fourth-order valence-corrected chi connectivity index (χ4v) is 3.30. The Morgan fingerprint density at radius 1 is 0.923 bits per heavy atom. The van der Waals surface area contributed by atoms with Gasteiger partial charge in [-0.3, -0.25) is 4.79 Å². The normalized spacial score (nSPS) is 14.4. The van der Waals surface area contributed by atoms with E-state index in [0.717, 1.165) is 48.2 Å². The van der Waals surface area contributed by atoms with E-state index in [9.17, 15) is 4.79 Å². The fraction of sp³-hybridized carbons (Fsp3) is 0.286. The van der Waals surface area contributed by atoms with E-state index in [2.05, 4.69) is 15.2 Å². The maximum atomic E-state index is 13.0. The molecule has 4 rings (SSSR count). The van der Waals surface area contributed by atoms with Crippen LogP contribution in [0.1, 0.15) is 35.3 Å². The van der Waals surface area contributed by atoms with Gasteiger partial charge in [0.2, 0.25) is 0 Å². The van der Waals surface area contributed by atoms with Gasteiger partial charge in [-0.25, -0.2) is 9.97 Å². The summed E-state index contributed by atoms with van der Waals surface area (Å²) in [6.45, 7) is 3.85. The van der Waals surface area contributed by atoms with Crippen molar-refractivity contribution in [3.8, 4) is 0 Å². The van der Waals surface area contributed by atoms with E-state index < -0.39 is 0 Å². The van der Waals surface area contributed by atoms with Gasteiger partial charge in [0.1, 0.15) is 0 Å². The van der Waals surface area contributed by atoms with Crippen LogP contribution >= 0.6 is 0 Å². The summed E-state index contributed by atoms with van der Waals surface area (Å²) < 4.78 is 0. The van der Waals surface area contributed by atoms with Crippen molar-refractivity contribution >= 4 is 28.4 Å². The second kappa shape index (κ2) is 7.12. The highest BCUT2D eigenvalue weighted by molar-refractivity contribution is 6.07. The third-order valence-corrected chi connectivity index (χ3v) is 4.73. The van der Waals surface area contributed by atoms with Gasteiger partial charge in [-0.05, 0) is 50.5 Å². The number of nitrogens with one attached hydrogen (secondary N) is 1. The average Bonchev–Trinajstić information content (AvgIpc) is 2.69. The highest BCUT2D eigenvalue weighted by atomic mass is 16.1. The van der Waals surface area contributed by atoms with Crippen molar-refractivity contribution in [2.24, 2.45) is 0 Å². The summed E-state index contributed by atoms with van der Waals surface area (Å²) in [5.74, 6) is 0.473. The Balaban J connectivity index is 1.73. The fourth-order valence-electron chi connectivity index (χ4n) is 3.30. The number of hydrogen-bond donors (Lipinski definition) is 1. The summed E-state index contributed by atoms with van der Waals surface area (Å²) in [6.07, 6.45) is 3.46. The topological polar surface area (TPSA) is 58.1 Å². The zero-order chi connectivity index (χ0) is 17.9. The second-order valence-corrected chi connectivity index (χ2v) is 6.75. The van der Waals surface area contributed by atoms with Gasteiger partial charge >= 0.3 is 0 Å². The number of rotatable bonds is 3. The summed E-state index contributed by atoms with van der Waals surface area (Å²) in [5, 5.41) is 2.96. The van der Waals surface area contributed by atoms with Gasteiger partial charge in [0.25, 0.3) is 5.91 Å². The van der Waals surface area contributed by atoms with Crippen LogP contribution in [0.25, 0.3) is 11.0 Å². The molecule has 1 fully saturated rings. The molecule has 132 valence electrons. The van der Waals surface area contributed by atoms with Crippen LogP contribution in [-0.2, 0) is 0 Å². The van der Waals surface area contributed by atoms with Gasteiger partial charge in [0, 0.05) is 18.8 Å². The van der Waals surface area contributed by atoms with Crippen molar-refractivity contribution < 1.29 is 4.79 Å². The zero-order valence-corrected chi connectivity index (χ0v) is 14.9. The third kappa shape index (κ3) is 3.38. The average molecular weight is 346 g/mol. The molecule has 0 unspecified atom stereocenters. The maximum Gasteiger partial charge on any atom is 0.278 e. The van der Waals surface area contributed by atoms with Crippen LogP contribution in [0.5, 0.6) is 0 Å². The Morgan fingerprint density at radius 3 is 2.27 bits per heavy atom. The first kappa shape index (κ1) is 16.5. The number of aromatic nitrogens is 2. The Labute approximate surface area is 153 Å². The van der Waals surface area contributed by atoms with E-state index in [1.54, 1.807) is 0 Å². The van der Waals surface area contributed by atoms with Crippen molar-refractivity contribution in [1.82, 2.24) is 9.97 Å². The molecule has 0 aliphatic carbocycles. The number of carbonyl (C=O) groups excluding carboxylic acids is 1. The molecular formula is C21H22N4O. The van der Waals surface area contributed by atoms with E-state index >= 15 is 0 Å². The minimum absolute atomic E-state index is 0.215. The van der Waals surface area contributed by atoms with E-state index in [0.29, 0.717) is 11.5 Å². The number of fused-ring (bicyclic) bond motifs is 1. The van der Waals surface area contributed by atoms with Gasteiger partial charge in [-0.15, -0.1) is 0 Å². The van der Waals surface area contributed by atoms with Crippen LogP contribution in [-0.4, -0.2) is 29.0 Å². The largest absolute Gasteiger partial charge is 0.355 e. The first-order valence-corrected chi connectivity index (χ1v) is 9.10. The second-order valence-electron chi connectivity index (χ2n) is 6.75. The quantitative estimate of drug-likeness (QED) is 0.773. The summed E-state index contributed by atoms with van der Waals surface area (Å²) in [5.41, 5.74) is 3.87. The Bertz CT molecular complexity index is 930. The number of carbonyl (C=O) groups is 1. The van der Waals surface area contributed by atoms with Gasteiger partial charge < -0.3 is 10.2 Å². The molecule has 0 radical (unpaired) electrons. The SMILES string of the molecule is Cc1ccc(NC(=O)c2nc3ccccc3nc2N2CCCCC2)cc1. The van der Waals surface area contributed by atoms with Crippen LogP contribution < -0.4 is 10.2 Å². The molecule has 1 N–H and O–H groups in total. The molecule has 1 amide bonds. The number of benzene rings is 2. The van der Waals surface area contributed by atoms with E-state index in [-0.39, 0.29) is 5.91 Å². The number of anilines is 2. The van der Waals surface area contributed by atoms with Crippen molar-refractivity contribution in [2.45, 2.75) is 26.2 Å². The lowest BCUT2D eigenvalue weighted by atomic mass is 10.1. The number of amides is 1. The predicted octanol–water partition coefficient (Wildman–Crippen LogP) is 4.18. The molecule has 1 aromatic heterocycles. The lowest BCUT2D eigenvalue weighted by Crippen LogP contribution is -2.33.